The highest BCUT2D eigenvalue weighted by Gasteiger charge is 2.23. The summed E-state index contributed by atoms with van der Waals surface area (Å²) in [6.07, 6.45) is 1.18. The predicted octanol–water partition coefficient (Wildman–Crippen LogP) is 0.880. The van der Waals surface area contributed by atoms with Gasteiger partial charge in [0.1, 0.15) is 12.0 Å². The van der Waals surface area contributed by atoms with E-state index >= 15 is 0 Å². The van der Waals surface area contributed by atoms with Gasteiger partial charge >= 0.3 is 5.82 Å². The summed E-state index contributed by atoms with van der Waals surface area (Å²) >= 11 is 0. The SMILES string of the molecule is COCC(C)Nc1ccc2nnc(-c3ncc([N+](=O)[O-])n3C)n2n1. The predicted molar refractivity (Wildman–Crippen MR) is 84.6 cm³/mol. The lowest BCUT2D eigenvalue weighted by Gasteiger charge is -2.13. The molecule has 0 amide bonds. The van der Waals surface area contributed by atoms with Crippen LogP contribution < -0.4 is 5.32 Å². The molecule has 126 valence electrons. The van der Waals surface area contributed by atoms with Crippen LogP contribution in [-0.2, 0) is 11.8 Å². The number of imidazole rings is 1. The van der Waals surface area contributed by atoms with Gasteiger partial charge in [0, 0.05) is 13.2 Å². The van der Waals surface area contributed by atoms with Crippen molar-refractivity contribution in [1.82, 2.24) is 29.4 Å². The lowest BCUT2D eigenvalue weighted by molar-refractivity contribution is -0.391. The van der Waals surface area contributed by atoms with Gasteiger partial charge in [0.25, 0.3) is 5.82 Å². The molecule has 0 aliphatic carbocycles. The molecule has 1 atom stereocenters. The largest absolute Gasteiger partial charge is 0.383 e. The van der Waals surface area contributed by atoms with Gasteiger partial charge in [0.05, 0.1) is 13.7 Å². The van der Waals surface area contributed by atoms with Gasteiger partial charge in [-0.05, 0) is 24.0 Å². The topological polar surface area (TPSA) is 125 Å². The zero-order chi connectivity index (χ0) is 17.3. The van der Waals surface area contributed by atoms with Crippen LogP contribution >= 0.6 is 0 Å². The molecule has 3 heterocycles. The number of ether oxygens (including phenoxy) is 1. The number of rotatable bonds is 6. The molecule has 1 unspecified atom stereocenters. The smallest absolute Gasteiger partial charge is 0.343 e. The van der Waals surface area contributed by atoms with Crippen molar-refractivity contribution >= 4 is 17.3 Å². The number of methoxy groups -OCH3 is 1. The molecule has 0 fully saturated rings. The number of aromatic nitrogens is 6. The fourth-order valence-corrected chi connectivity index (χ4v) is 2.33. The summed E-state index contributed by atoms with van der Waals surface area (Å²) < 4.78 is 7.92. The van der Waals surface area contributed by atoms with E-state index in [0.29, 0.717) is 29.7 Å². The molecule has 0 saturated heterocycles. The number of nitrogens with zero attached hydrogens (tertiary/aromatic N) is 7. The van der Waals surface area contributed by atoms with Gasteiger partial charge < -0.3 is 20.2 Å². The van der Waals surface area contributed by atoms with E-state index in [1.165, 1.54) is 15.3 Å². The number of anilines is 1. The number of hydrogen-bond donors (Lipinski definition) is 1. The molecule has 24 heavy (non-hydrogen) atoms. The van der Waals surface area contributed by atoms with Gasteiger partial charge in [-0.15, -0.1) is 15.3 Å². The first-order valence-corrected chi connectivity index (χ1v) is 7.15. The Morgan fingerprint density at radius 3 is 2.83 bits per heavy atom. The van der Waals surface area contributed by atoms with Crippen LogP contribution in [-0.4, -0.2) is 54.0 Å². The summed E-state index contributed by atoms with van der Waals surface area (Å²) in [5, 5.41) is 26.7. The quantitative estimate of drug-likeness (QED) is 0.521. The first-order chi connectivity index (χ1) is 11.5. The number of hydrogen-bond acceptors (Lipinski definition) is 8. The van der Waals surface area contributed by atoms with Gasteiger partial charge in [0.2, 0.25) is 5.82 Å². The first-order valence-electron chi connectivity index (χ1n) is 7.15. The summed E-state index contributed by atoms with van der Waals surface area (Å²) in [5.74, 6) is 1.11. The summed E-state index contributed by atoms with van der Waals surface area (Å²) in [6, 6.07) is 3.60. The summed E-state index contributed by atoms with van der Waals surface area (Å²) in [7, 11) is 3.17. The second kappa shape index (κ2) is 6.20. The third-order valence-corrected chi connectivity index (χ3v) is 3.42. The van der Waals surface area contributed by atoms with E-state index in [1.807, 2.05) is 6.92 Å². The lowest BCUT2D eigenvalue weighted by Crippen LogP contribution is -2.22. The Morgan fingerprint density at radius 1 is 1.38 bits per heavy atom. The van der Waals surface area contributed by atoms with E-state index in [-0.39, 0.29) is 11.9 Å². The minimum atomic E-state index is -0.507. The van der Waals surface area contributed by atoms with Crippen molar-refractivity contribution in [2.45, 2.75) is 13.0 Å². The Labute approximate surface area is 136 Å². The van der Waals surface area contributed by atoms with Crippen LogP contribution in [0.4, 0.5) is 11.6 Å². The zero-order valence-electron chi connectivity index (χ0n) is 13.4. The van der Waals surface area contributed by atoms with Crippen molar-refractivity contribution in [2.75, 3.05) is 19.0 Å². The molecule has 0 saturated carbocycles. The average molecular weight is 332 g/mol. The van der Waals surface area contributed by atoms with Crippen LogP contribution in [0.2, 0.25) is 0 Å². The van der Waals surface area contributed by atoms with Crippen molar-refractivity contribution in [3.05, 3.63) is 28.4 Å². The molecule has 3 rings (SSSR count). The van der Waals surface area contributed by atoms with Gasteiger partial charge in [0.15, 0.2) is 5.65 Å². The maximum atomic E-state index is 11.0. The Kier molecular flexibility index (Phi) is 4.08. The zero-order valence-corrected chi connectivity index (χ0v) is 13.4. The maximum Gasteiger partial charge on any atom is 0.343 e. The van der Waals surface area contributed by atoms with E-state index in [9.17, 15) is 10.1 Å². The van der Waals surface area contributed by atoms with Crippen LogP contribution in [0.1, 0.15) is 6.92 Å². The van der Waals surface area contributed by atoms with Gasteiger partial charge in [-0.2, -0.15) is 4.52 Å². The molecule has 1 N–H and O–H groups in total. The molecule has 0 aromatic carbocycles. The summed E-state index contributed by atoms with van der Waals surface area (Å²) in [5.41, 5.74) is 0.514. The number of nitrogens with one attached hydrogen (secondary N) is 1. The molecule has 3 aromatic heterocycles. The molecular formula is C13H16N8O3. The first kappa shape index (κ1) is 15.8. The van der Waals surface area contributed by atoms with Crippen LogP contribution in [0, 0.1) is 10.1 Å². The van der Waals surface area contributed by atoms with Crippen molar-refractivity contribution in [3.8, 4) is 11.6 Å². The van der Waals surface area contributed by atoms with Gasteiger partial charge in [-0.3, -0.25) is 0 Å². The molecule has 11 heteroatoms. The van der Waals surface area contributed by atoms with E-state index in [1.54, 1.807) is 26.3 Å². The van der Waals surface area contributed by atoms with Gasteiger partial charge in [-0.1, -0.05) is 0 Å². The van der Waals surface area contributed by atoms with Gasteiger partial charge in [-0.25, -0.2) is 9.55 Å². The molecule has 0 bridgehead atoms. The molecule has 0 spiro atoms. The third-order valence-electron chi connectivity index (χ3n) is 3.42. The minimum Gasteiger partial charge on any atom is -0.383 e. The molecule has 0 aliphatic rings. The Balaban J connectivity index is 2.01. The second-order valence-electron chi connectivity index (χ2n) is 5.27. The monoisotopic (exact) mass is 332 g/mol. The maximum absolute atomic E-state index is 11.0. The highest BCUT2D eigenvalue weighted by Crippen LogP contribution is 2.21. The Hall–Kier alpha value is -3.08. The molecule has 0 radical (unpaired) electrons. The Morgan fingerprint density at radius 2 is 2.17 bits per heavy atom. The third kappa shape index (κ3) is 2.76. The average Bonchev–Trinajstić information content (AvgIpc) is 3.10. The molecule has 3 aromatic rings. The van der Waals surface area contributed by atoms with Crippen molar-refractivity contribution < 1.29 is 9.66 Å². The highest BCUT2D eigenvalue weighted by molar-refractivity contribution is 5.55. The molecular weight excluding hydrogens is 316 g/mol. The van der Waals surface area contributed by atoms with Crippen LogP contribution in [0.3, 0.4) is 0 Å². The van der Waals surface area contributed by atoms with Crippen LogP contribution in [0.5, 0.6) is 0 Å². The normalized spacial score (nSPS) is 12.5. The fourth-order valence-electron chi connectivity index (χ4n) is 2.33. The van der Waals surface area contributed by atoms with E-state index in [4.69, 9.17) is 4.74 Å². The van der Waals surface area contributed by atoms with Crippen LogP contribution in [0.15, 0.2) is 18.3 Å². The number of nitro groups is 1. The van der Waals surface area contributed by atoms with Crippen molar-refractivity contribution in [1.29, 1.82) is 0 Å². The molecule has 11 nitrogen and oxygen atoms in total. The fraction of sp³-hybridized carbons (Fsp3) is 0.385. The van der Waals surface area contributed by atoms with Crippen molar-refractivity contribution in [2.24, 2.45) is 7.05 Å². The van der Waals surface area contributed by atoms with E-state index < -0.39 is 4.92 Å². The van der Waals surface area contributed by atoms with Crippen molar-refractivity contribution in [3.63, 3.8) is 0 Å². The molecule has 0 aliphatic heterocycles. The number of fused-ring (bicyclic) bond motifs is 1. The van der Waals surface area contributed by atoms with Crippen LogP contribution in [0.25, 0.3) is 17.3 Å². The second-order valence-corrected chi connectivity index (χ2v) is 5.27. The summed E-state index contributed by atoms with van der Waals surface area (Å²) in [4.78, 5) is 14.5. The Bertz CT molecular complexity index is 887. The standard InChI is InChI=1S/C13H16N8O3/c1-8(7-24-3)15-9-4-5-10-16-17-13(20(10)18-9)12-14-6-11(19(12)2)21(22)23/h4-6,8H,7H2,1-3H3,(H,15,18). The summed E-state index contributed by atoms with van der Waals surface area (Å²) in [6.45, 7) is 2.49. The lowest BCUT2D eigenvalue weighted by atomic mass is 10.3. The van der Waals surface area contributed by atoms with E-state index in [2.05, 4.69) is 25.6 Å². The minimum absolute atomic E-state index is 0.0640. The highest BCUT2D eigenvalue weighted by atomic mass is 16.6. The van der Waals surface area contributed by atoms with E-state index in [0.717, 1.165) is 0 Å².